The van der Waals surface area contributed by atoms with Gasteiger partial charge in [0.05, 0.1) is 27.4 Å². The van der Waals surface area contributed by atoms with E-state index in [1.807, 2.05) is 6.92 Å². The van der Waals surface area contributed by atoms with Gasteiger partial charge in [-0.3, -0.25) is 4.79 Å². The van der Waals surface area contributed by atoms with Crippen LogP contribution in [0.4, 0.5) is 4.39 Å². The molecule has 4 aromatic carbocycles. The number of halogens is 1. The SMILES string of the molecule is COc1ccc(C2CC(=O)[C@@H]3CC(S(=O)(=O)c4ccc(C)cc4)C(c4ccccc4F)C[C@@H]3C2S(=O)(=O)c2ccccc2)cc1. The lowest BCUT2D eigenvalue weighted by Crippen LogP contribution is -2.53. The Labute approximate surface area is 264 Å². The molecule has 0 aromatic heterocycles. The van der Waals surface area contributed by atoms with E-state index in [0.29, 0.717) is 11.3 Å². The smallest absolute Gasteiger partial charge is 0.182 e. The summed E-state index contributed by atoms with van der Waals surface area (Å²) in [5.74, 6) is -3.23. The molecule has 6 atom stereocenters. The first-order valence-corrected chi connectivity index (χ1v) is 18.1. The quantitative estimate of drug-likeness (QED) is 0.222. The summed E-state index contributed by atoms with van der Waals surface area (Å²) in [5.41, 5.74) is 1.79. The van der Waals surface area contributed by atoms with Crippen LogP contribution in [0.15, 0.2) is 113 Å². The fraction of sp³-hybridized carbons (Fsp3) is 0.306. The van der Waals surface area contributed by atoms with Crippen LogP contribution in [0.5, 0.6) is 5.75 Å². The van der Waals surface area contributed by atoms with E-state index in [2.05, 4.69) is 0 Å². The summed E-state index contributed by atoms with van der Waals surface area (Å²) in [4.78, 5) is 14.3. The van der Waals surface area contributed by atoms with Gasteiger partial charge in [-0.05, 0) is 79.3 Å². The van der Waals surface area contributed by atoms with Gasteiger partial charge < -0.3 is 4.74 Å². The lowest BCUT2D eigenvalue weighted by atomic mass is 9.61. The molecule has 9 heteroatoms. The second-order valence-corrected chi connectivity index (χ2v) is 16.4. The highest BCUT2D eigenvalue weighted by molar-refractivity contribution is 7.92. The summed E-state index contributed by atoms with van der Waals surface area (Å²) >= 11 is 0. The Balaban J connectivity index is 1.51. The monoisotopic (exact) mass is 646 g/mol. The second-order valence-electron chi connectivity index (χ2n) is 12.1. The lowest BCUT2D eigenvalue weighted by Gasteiger charge is -2.48. The van der Waals surface area contributed by atoms with Crippen LogP contribution in [0, 0.1) is 24.6 Å². The molecule has 2 aliphatic carbocycles. The van der Waals surface area contributed by atoms with Crippen LogP contribution < -0.4 is 4.74 Å². The average molecular weight is 647 g/mol. The number of sulfone groups is 2. The highest BCUT2D eigenvalue weighted by Crippen LogP contribution is 2.54. The zero-order valence-electron chi connectivity index (χ0n) is 25.0. The van der Waals surface area contributed by atoms with E-state index >= 15 is 4.39 Å². The second kappa shape index (κ2) is 12.2. The van der Waals surface area contributed by atoms with Crippen molar-refractivity contribution < 1.29 is 30.8 Å². The summed E-state index contributed by atoms with van der Waals surface area (Å²) in [6, 6.07) is 27.8. The maximum absolute atomic E-state index is 15.5. The summed E-state index contributed by atoms with van der Waals surface area (Å²) in [6.45, 7) is 1.86. The van der Waals surface area contributed by atoms with E-state index in [1.165, 1.54) is 6.07 Å². The first kappa shape index (κ1) is 31.2. The molecule has 6 nitrogen and oxygen atoms in total. The van der Waals surface area contributed by atoms with Gasteiger partial charge in [0, 0.05) is 24.2 Å². The van der Waals surface area contributed by atoms with Crippen molar-refractivity contribution in [3.63, 3.8) is 0 Å². The highest BCUT2D eigenvalue weighted by Gasteiger charge is 2.56. The zero-order valence-corrected chi connectivity index (χ0v) is 26.7. The maximum Gasteiger partial charge on any atom is 0.182 e. The molecule has 0 radical (unpaired) electrons. The molecule has 2 fully saturated rings. The highest BCUT2D eigenvalue weighted by atomic mass is 32.2. The fourth-order valence-corrected chi connectivity index (χ4v) is 11.7. The number of rotatable bonds is 7. The molecule has 0 heterocycles. The third-order valence-corrected chi connectivity index (χ3v) is 14.2. The third-order valence-electron chi connectivity index (χ3n) is 9.66. The van der Waals surface area contributed by atoms with E-state index in [9.17, 15) is 21.6 Å². The van der Waals surface area contributed by atoms with Crippen LogP contribution in [0.2, 0.25) is 0 Å². The third kappa shape index (κ3) is 5.72. The van der Waals surface area contributed by atoms with Crippen LogP contribution in [0.3, 0.4) is 0 Å². The minimum Gasteiger partial charge on any atom is -0.497 e. The van der Waals surface area contributed by atoms with Crippen molar-refractivity contribution in [3.8, 4) is 5.75 Å². The molecular formula is C36H35FO6S2. The minimum atomic E-state index is -4.03. The molecule has 0 bridgehead atoms. The number of ether oxygens (including phenoxy) is 1. The molecule has 234 valence electrons. The molecule has 4 aromatic rings. The Morgan fingerprint density at radius 3 is 1.96 bits per heavy atom. The molecule has 0 aliphatic heterocycles. The van der Waals surface area contributed by atoms with Gasteiger partial charge in [0.25, 0.3) is 0 Å². The summed E-state index contributed by atoms with van der Waals surface area (Å²) in [5, 5.41) is -2.15. The fourth-order valence-electron chi connectivity index (χ4n) is 7.44. The zero-order chi connectivity index (χ0) is 31.9. The lowest BCUT2D eigenvalue weighted by molar-refractivity contribution is -0.128. The summed E-state index contributed by atoms with van der Waals surface area (Å²) < 4.78 is 78.5. The molecule has 45 heavy (non-hydrogen) atoms. The number of benzene rings is 4. The summed E-state index contributed by atoms with van der Waals surface area (Å²) in [7, 11) is -6.51. The van der Waals surface area contributed by atoms with Crippen LogP contribution in [0.1, 0.15) is 47.8 Å². The topological polar surface area (TPSA) is 94.6 Å². The minimum absolute atomic E-state index is 0.0243. The van der Waals surface area contributed by atoms with Gasteiger partial charge in [-0.2, -0.15) is 0 Å². The largest absolute Gasteiger partial charge is 0.497 e. The van der Waals surface area contributed by atoms with Crippen LogP contribution in [-0.4, -0.2) is 40.2 Å². The number of hydrogen-bond donors (Lipinski definition) is 0. The number of fused-ring (bicyclic) bond motifs is 1. The number of ketones is 1. The van der Waals surface area contributed by atoms with Gasteiger partial charge in [0.15, 0.2) is 19.7 Å². The van der Waals surface area contributed by atoms with Crippen molar-refractivity contribution >= 4 is 25.5 Å². The molecule has 6 rings (SSSR count). The van der Waals surface area contributed by atoms with Crippen molar-refractivity contribution in [2.75, 3.05) is 7.11 Å². The van der Waals surface area contributed by atoms with E-state index in [0.717, 1.165) is 5.56 Å². The maximum atomic E-state index is 15.5. The molecule has 4 unspecified atom stereocenters. The molecule has 0 amide bonds. The molecule has 2 saturated carbocycles. The van der Waals surface area contributed by atoms with Gasteiger partial charge in [-0.1, -0.05) is 66.2 Å². The van der Waals surface area contributed by atoms with E-state index < -0.39 is 59.7 Å². The Morgan fingerprint density at radius 1 is 0.689 bits per heavy atom. The number of Topliss-reactive ketones (excluding diaryl/α,β-unsaturated/α-hetero) is 1. The van der Waals surface area contributed by atoms with E-state index in [4.69, 9.17) is 4.74 Å². The molecule has 0 saturated heterocycles. The number of carbonyl (C=O) groups excluding carboxylic acids is 1. The van der Waals surface area contributed by atoms with Crippen molar-refractivity contribution in [1.29, 1.82) is 0 Å². The van der Waals surface area contributed by atoms with Crippen LogP contribution >= 0.6 is 0 Å². The van der Waals surface area contributed by atoms with Crippen LogP contribution in [-0.2, 0) is 24.5 Å². The van der Waals surface area contributed by atoms with Crippen molar-refractivity contribution in [3.05, 3.63) is 126 Å². The van der Waals surface area contributed by atoms with Crippen molar-refractivity contribution in [2.45, 2.75) is 58.3 Å². The molecule has 2 aliphatic rings. The van der Waals surface area contributed by atoms with Gasteiger partial charge in [-0.25, -0.2) is 21.2 Å². The predicted octanol–water partition coefficient (Wildman–Crippen LogP) is 6.69. The Kier molecular flexibility index (Phi) is 8.43. The van der Waals surface area contributed by atoms with Gasteiger partial charge in [-0.15, -0.1) is 0 Å². The average Bonchev–Trinajstić information content (AvgIpc) is 3.05. The van der Waals surface area contributed by atoms with Gasteiger partial charge in [0.1, 0.15) is 17.3 Å². The number of hydrogen-bond acceptors (Lipinski definition) is 6. The normalized spacial score (nSPS) is 25.4. The Bertz CT molecular complexity index is 1910. The summed E-state index contributed by atoms with van der Waals surface area (Å²) in [6.07, 6.45) is -0.114. The first-order valence-electron chi connectivity index (χ1n) is 15.0. The van der Waals surface area contributed by atoms with Crippen molar-refractivity contribution in [1.82, 2.24) is 0 Å². The Hall–Kier alpha value is -3.82. The van der Waals surface area contributed by atoms with E-state index in [1.54, 1.807) is 104 Å². The van der Waals surface area contributed by atoms with Gasteiger partial charge in [0.2, 0.25) is 0 Å². The molecule has 0 spiro atoms. The number of carbonyl (C=O) groups is 1. The Morgan fingerprint density at radius 2 is 1.31 bits per heavy atom. The van der Waals surface area contributed by atoms with E-state index in [-0.39, 0.29) is 40.4 Å². The van der Waals surface area contributed by atoms with Crippen molar-refractivity contribution in [2.24, 2.45) is 11.8 Å². The first-order chi connectivity index (χ1) is 21.5. The molecule has 0 N–H and O–H groups in total. The number of methoxy groups -OCH3 is 1. The number of aryl methyl sites for hydroxylation is 1. The molecular weight excluding hydrogens is 612 g/mol. The van der Waals surface area contributed by atoms with Crippen LogP contribution in [0.25, 0.3) is 0 Å². The standard InChI is InChI=1S/C36H35FO6S2/c1-23-12-18-27(19-13-23)44(39,40)35-22-30-32(20-31(35)28-10-6-7-11-33(28)37)36(45(41,42)26-8-4-3-5-9-26)29(21-34(30)38)24-14-16-25(43-2)17-15-24/h3-19,29-32,35-36H,20-22H2,1-2H3/t29?,30-,31?,32+,35?,36?/m1/s1. The predicted molar refractivity (Wildman–Crippen MR) is 170 cm³/mol. The van der Waals surface area contributed by atoms with Gasteiger partial charge >= 0.3 is 0 Å².